The number of ether oxygens (including phenoxy) is 2. The van der Waals surface area contributed by atoms with E-state index in [4.69, 9.17) is 15.2 Å². The maximum Gasteiger partial charge on any atom is 0.219 e. The summed E-state index contributed by atoms with van der Waals surface area (Å²) in [5.74, 6) is 3.10. The highest BCUT2D eigenvalue weighted by Crippen LogP contribution is 2.28. The molecule has 0 unspecified atom stereocenters. The van der Waals surface area contributed by atoms with Gasteiger partial charge in [-0.05, 0) is 36.5 Å². The van der Waals surface area contributed by atoms with E-state index >= 15 is 0 Å². The van der Waals surface area contributed by atoms with Gasteiger partial charge in [0.25, 0.3) is 0 Å². The minimum absolute atomic E-state index is 0.483. The Morgan fingerprint density at radius 2 is 2.07 bits per heavy atom. The van der Waals surface area contributed by atoms with Crippen molar-refractivity contribution in [3.8, 4) is 17.4 Å². The maximum atomic E-state index is 5.91. The van der Waals surface area contributed by atoms with Gasteiger partial charge in [0.05, 0.1) is 37.8 Å². The van der Waals surface area contributed by atoms with Crippen molar-refractivity contribution in [1.82, 2.24) is 15.0 Å². The van der Waals surface area contributed by atoms with Crippen LogP contribution in [0.25, 0.3) is 10.9 Å². The molecular weight excluding hydrogens is 380 g/mol. The number of nitrogens with two attached hydrogens (primary N) is 1. The number of nitrogens with zero attached hydrogens (tertiary/aromatic N) is 3. The van der Waals surface area contributed by atoms with Crippen molar-refractivity contribution in [2.45, 2.75) is 0 Å². The lowest BCUT2D eigenvalue weighted by Crippen LogP contribution is -3.17. The first-order chi connectivity index (χ1) is 14.6. The largest absolute Gasteiger partial charge is 0.491 e. The molecule has 0 spiro atoms. The standard InChI is InChI=1S/C22H24N6O2/c1-15(7-8-23)27-22-19-9-17(3-5-20(19)25-14-26-22)30-21-6-4-18(10-24-21)29-13-16-11-28(2)12-16/h3-10,14,16H,1,11-13,23H2,2H3,(H,25,26,27)/p+1/b8-7-. The lowest BCUT2D eigenvalue weighted by molar-refractivity contribution is -0.931. The molecule has 154 valence electrons. The van der Waals surface area contributed by atoms with Crippen LogP contribution in [0.15, 0.2) is 67.4 Å². The first-order valence-corrected chi connectivity index (χ1v) is 9.77. The first-order valence-electron chi connectivity index (χ1n) is 9.77. The lowest BCUT2D eigenvalue weighted by atomic mass is 10.0. The van der Waals surface area contributed by atoms with Gasteiger partial charge in [-0.25, -0.2) is 15.0 Å². The van der Waals surface area contributed by atoms with E-state index in [0.717, 1.165) is 36.3 Å². The fraction of sp³-hybridized carbons (Fsp3) is 0.227. The van der Waals surface area contributed by atoms with E-state index in [0.29, 0.717) is 29.1 Å². The van der Waals surface area contributed by atoms with Crippen LogP contribution in [0.1, 0.15) is 0 Å². The second-order valence-corrected chi connectivity index (χ2v) is 7.39. The molecule has 0 atom stereocenters. The van der Waals surface area contributed by atoms with E-state index < -0.39 is 0 Å². The van der Waals surface area contributed by atoms with E-state index in [1.807, 2.05) is 24.3 Å². The average Bonchev–Trinajstić information content (AvgIpc) is 2.72. The lowest BCUT2D eigenvalue weighted by Gasteiger charge is -2.31. The summed E-state index contributed by atoms with van der Waals surface area (Å²) in [5.41, 5.74) is 6.82. The molecule has 30 heavy (non-hydrogen) atoms. The number of hydrogen-bond donors (Lipinski definition) is 3. The molecule has 0 radical (unpaired) electrons. The molecular formula is C22H25N6O2+. The molecule has 0 aliphatic carbocycles. The zero-order chi connectivity index (χ0) is 20.9. The van der Waals surface area contributed by atoms with Gasteiger partial charge >= 0.3 is 0 Å². The fourth-order valence-electron chi connectivity index (χ4n) is 3.40. The van der Waals surface area contributed by atoms with Crippen molar-refractivity contribution in [1.29, 1.82) is 0 Å². The Morgan fingerprint density at radius 1 is 1.23 bits per heavy atom. The van der Waals surface area contributed by atoms with Crippen LogP contribution in [0.4, 0.5) is 5.82 Å². The molecule has 4 N–H and O–H groups in total. The highest BCUT2D eigenvalue weighted by atomic mass is 16.5. The molecule has 1 aliphatic heterocycles. The van der Waals surface area contributed by atoms with Gasteiger partial charge in [-0.3, -0.25) is 0 Å². The van der Waals surface area contributed by atoms with Crippen LogP contribution in [-0.2, 0) is 0 Å². The topological polar surface area (TPSA) is 99.6 Å². The summed E-state index contributed by atoms with van der Waals surface area (Å²) < 4.78 is 11.7. The number of nitrogens with one attached hydrogen (secondary N) is 2. The Labute approximate surface area is 175 Å². The third-order valence-electron chi connectivity index (χ3n) is 4.87. The van der Waals surface area contributed by atoms with Gasteiger partial charge in [0, 0.05) is 17.1 Å². The van der Waals surface area contributed by atoms with Gasteiger partial charge in [0.2, 0.25) is 5.88 Å². The number of anilines is 1. The summed E-state index contributed by atoms with van der Waals surface area (Å²) in [6, 6.07) is 9.24. The Hall–Kier alpha value is -3.65. The summed E-state index contributed by atoms with van der Waals surface area (Å²) in [6.07, 6.45) is 6.25. The van der Waals surface area contributed by atoms with E-state index in [9.17, 15) is 0 Å². The maximum absolute atomic E-state index is 5.91. The van der Waals surface area contributed by atoms with Gasteiger partial charge in [-0.2, -0.15) is 0 Å². The van der Waals surface area contributed by atoms with Crippen molar-refractivity contribution in [2.75, 3.05) is 32.1 Å². The molecule has 2 aromatic heterocycles. The van der Waals surface area contributed by atoms with Crippen molar-refractivity contribution in [3.63, 3.8) is 0 Å². The third kappa shape index (κ3) is 4.66. The molecule has 1 aliphatic rings. The number of likely N-dealkylation sites (tertiary alicyclic amines) is 1. The molecule has 1 aromatic carbocycles. The molecule has 3 heterocycles. The zero-order valence-corrected chi connectivity index (χ0v) is 16.8. The third-order valence-corrected chi connectivity index (χ3v) is 4.87. The quantitative estimate of drug-likeness (QED) is 0.491. The summed E-state index contributed by atoms with van der Waals surface area (Å²) >= 11 is 0. The highest BCUT2D eigenvalue weighted by molar-refractivity contribution is 5.90. The molecule has 1 fully saturated rings. The molecule has 4 rings (SSSR count). The normalized spacial score (nSPS) is 18.2. The predicted molar refractivity (Wildman–Crippen MR) is 116 cm³/mol. The summed E-state index contributed by atoms with van der Waals surface area (Å²) in [5, 5.41) is 3.92. The highest BCUT2D eigenvalue weighted by Gasteiger charge is 2.28. The smallest absolute Gasteiger partial charge is 0.219 e. The SMILES string of the molecule is C=C(/C=C\N)Nc1ncnc2ccc(Oc3ccc(OCC4C[NH+](C)C4)cn3)cc12. The molecule has 0 bridgehead atoms. The average molecular weight is 405 g/mol. The monoisotopic (exact) mass is 405 g/mol. The second kappa shape index (κ2) is 8.79. The first kappa shape index (κ1) is 19.7. The molecule has 8 heteroatoms. The summed E-state index contributed by atoms with van der Waals surface area (Å²) in [6.45, 7) is 6.94. The van der Waals surface area contributed by atoms with Crippen LogP contribution in [0.3, 0.4) is 0 Å². The number of rotatable bonds is 8. The Bertz CT molecular complexity index is 1060. The summed E-state index contributed by atoms with van der Waals surface area (Å²) in [7, 11) is 2.19. The predicted octanol–water partition coefficient (Wildman–Crippen LogP) is 1.74. The summed E-state index contributed by atoms with van der Waals surface area (Å²) in [4.78, 5) is 14.5. The van der Waals surface area contributed by atoms with Crippen LogP contribution >= 0.6 is 0 Å². The van der Waals surface area contributed by atoms with Crippen LogP contribution in [0.2, 0.25) is 0 Å². The molecule has 0 amide bonds. The number of quaternary nitrogens is 1. The Balaban J connectivity index is 1.44. The number of aromatic nitrogens is 3. The van der Waals surface area contributed by atoms with Crippen molar-refractivity contribution in [3.05, 3.63) is 67.4 Å². The number of fused-ring (bicyclic) bond motifs is 1. The number of allylic oxidation sites excluding steroid dienone is 1. The fourth-order valence-corrected chi connectivity index (χ4v) is 3.40. The number of hydrogen-bond acceptors (Lipinski definition) is 7. The second-order valence-electron chi connectivity index (χ2n) is 7.39. The van der Waals surface area contributed by atoms with Crippen molar-refractivity contribution >= 4 is 16.7 Å². The van der Waals surface area contributed by atoms with E-state index in [1.54, 1.807) is 23.2 Å². The van der Waals surface area contributed by atoms with E-state index in [1.165, 1.54) is 12.5 Å². The van der Waals surface area contributed by atoms with Crippen LogP contribution in [0, 0.1) is 5.92 Å². The van der Waals surface area contributed by atoms with Gasteiger partial charge < -0.3 is 25.4 Å². The Morgan fingerprint density at radius 3 is 2.80 bits per heavy atom. The van der Waals surface area contributed by atoms with Crippen molar-refractivity contribution < 1.29 is 14.4 Å². The van der Waals surface area contributed by atoms with Crippen LogP contribution in [0.5, 0.6) is 17.4 Å². The van der Waals surface area contributed by atoms with E-state index in [-0.39, 0.29) is 0 Å². The molecule has 3 aromatic rings. The Kier molecular flexibility index (Phi) is 5.76. The van der Waals surface area contributed by atoms with Gasteiger partial charge in [-0.1, -0.05) is 6.58 Å². The van der Waals surface area contributed by atoms with Crippen molar-refractivity contribution in [2.24, 2.45) is 11.7 Å². The van der Waals surface area contributed by atoms with E-state index in [2.05, 4.69) is 33.9 Å². The molecule has 0 saturated carbocycles. The van der Waals surface area contributed by atoms with Crippen LogP contribution < -0.4 is 25.4 Å². The zero-order valence-electron chi connectivity index (χ0n) is 16.8. The van der Waals surface area contributed by atoms with Gasteiger partial charge in [-0.15, -0.1) is 0 Å². The van der Waals surface area contributed by atoms with Gasteiger partial charge in [0.15, 0.2) is 0 Å². The van der Waals surface area contributed by atoms with Gasteiger partial charge in [0.1, 0.15) is 30.3 Å². The minimum Gasteiger partial charge on any atom is -0.491 e. The number of pyridine rings is 1. The van der Waals surface area contributed by atoms with Crippen LogP contribution in [-0.4, -0.2) is 41.7 Å². The molecule has 8 nitrogen and oxygen atoms in total. The molecule has 1 saturated heterocycles. The minimum atomic E-state index is 0.483. The number of benzene rings is 1.